The smallest absolute Gasteiger partial charge is 0.0957 e. The fourth-order valence-corrected chi connectivity index (χ4v) is 3.14. The van der Waals surface area contributed by atoms with E-state index in [1.165, 1.54) is 38.9 Å². The van der Waals surface area contributed by atoms with Gasteiger partial charge in [-0.1, -0.05) is 29.3 Å². The molecule has 0 radical (unpaired) electrons. The summed E-state index contributed by atoms with van der Waals surface area (Å²) in [7, 11) is 0. The zero-order chi connectivity index (χ0) is 14.4. The molecule has 2 heteroatoms. The molecular weight excluding hydrogens is 244 g/mol. The molecule has 0 bridgehead atoms. The van der Waals surface area contributed by atoms with Crippen LogP contribution in [0.2, 0.25) is 0 Å². The minimum Gasteiger partial charge on any atom is -0.239 e. The van der Waals surface area contributed by atoms with Crippen molar-refractivity contribution in [2.75, 3.05) is 0 Å². The fourth-order valence-electron chi connectivity index (χ4n) is 3.14. The molecule has 20 heavy (non-hydrogen) atoms. The molecule has 0 N–H and O–H groups in total. The van der Waals surface area contributed by atoms with Crippen LogP contribution in [0, 0.1) is 34.6 Å². The van der Waals surface area contributed by atoms with Crippen LogP contribution >= 0.6 is 0 Å². The van der Waals surface area contributed by atoms with Crippen molar-refractivity contribution in [2.45, 2.75) is 34.6 Å². The van der Waals surface area contributed by atoms with Gasteiger partial charge in [0.15, 0.2) is 0 Å². The second-order valence-corrected chi connectivity index (χ2v) is 5.84. The molecule has 0 aliphatic rings. The number of nitrogens with zero attached hydrogens (tertiary/aromatic N) is 2. The van der Waals surface area contributed by atoms with E-state index in [-0.39, 0.29) is 0 Å². The molecule has 0 saturated heterocycles. The summed E-state index contributed by atoms with van der Waals surface area (Å²) in [6.45, 7) is 10.7. The first kappa shape index (κ1) is 12.9. The fraction of sp³-hybridized carbons (Fsp3) is 0.278. The van der Waals surface area contributed by atoms with E-state index in [2.05, 4.69) is 65.1 Å². The Labute approximate surface area is 120 Å². The Morgan fingerprint density at radius 1 is 0.750 bits per heavy atom. The van der Waals surface area contributed by atoms with E-state index in [1.807, 2.05) is 4.68 Å². The van der Waals surface area contributed by atoms with Crippen LogP contribution in [0.4, 0.5) is 0 Å². The van der Waals surface area contributed by atoms with Crippen molar-refractivity contribution in [3.8, 4) is 5.69 Å². The van der Waals surface area contributed by atoms with Gasteiger partial charge in [0.2, 0.25) is 0 Å². The van der Waals surface area contributed by atoms with Crippen LogP contribution in [0.3, 0.4) is 0 Å². The molecule has 0 fully saturated rings. The van der Waals surface area contributed by atoms with Gasteiger partial charge in [-0.3, -0.25) is 0 Å². The summed E-state index contributed by atoms with van der Waals surface area (Å²) in [6.07, 6.45) is 2.14. The van der Waals surface area contributed by atoms with Gasteiger partial charge in [0, 0.05) is 11.6 Å². The van der Waals surface area contributed by atoms with Gasteiger partial charge in [0.1, 0.15) is 0 Å². The van der Waals surface area contributed by atoms with E-state index in [0.29, 0.717) is 0 Å². The Kier molecular flexibility index (Phi) is 2.89. The molecule has 0 spiro atoms. The lowest BCUT2D eigenvalue weighted by atomic mass is 10.1. The van der Waals surface area contributed by atoms with Crippen LogP contribution in [-0.4, -0.2) is 9.78 Å². The zero-order valence-corrected chi connectivity index (χ0v) is 12.8. The SMILES string of the molecule is Cc1cc(C)c(-n2cc3cc(C)cc(C)c3n2)c(C)c1. The number of aryl methyl sites for hydroxylation is 5. The van der Waals surface area contributed by atoms with Gasteiger partial charge in [0.05, 0.1) is 11.2 Å². The van der Waals surface area contributed by atoms with E-state index < -0.39 is 0 Å². The summed E-state index contributed by atoms with van der Waals surface area (Å²) in [5, 5.41) is 6.00. The van der Waals surface area contributed by atoms with Gasteiger partial charge in [-0.15, -0.1) is 0 Å². The molecule has 0 unspecified atom stereocenters. The summed E-state index contributed by atoms with van der Waals surface area (Å²) in [6, 6.07) is 8.82. The summed E-state index contributed by atoms with van der Waals surface area (Å²) in [5.41, 5.74) is 8.65. The first-order valence-electron chi connectivity index (χ1n) is 7.00. The van der Waals surface area contributed by atoms with Crippen LogP contribution in [-0.2, 0) is 0 Å². The average Bonchev–Trinajstić information content (AvgIpc) is 2.71. The number of hydrogen-bond donors (Lipinski definition) is 0. The molecule has 2 aromatic carbocycles. The molecule has 0 aliphatic carbocycles. The highest BCUT2D eigenvalue weighted by molar-refractivity contribution is 5.82. The first-order chi connectivity index (χ1) is 9.45. The highest BCUT2D eigenvalue weighted by Gasteiger charge is 2.10. The average molecular weight is 264 g/mol. The zero-order valence-electron chi connectivity index (χ0n) is 12.8. The molecule has 3 aromatic rings. The normalized spacial score (nSPS) is 11.2. The van der Waals surface area contributed by atoms with Crippen LogP contribution in [0.25, 0.3) is 16.6 Å². The lowest BCUT2D eigenvalue weighted by Gasteiger charge is -2.10. The van der Waals surface area contributed by atoms with Crippen molar-refractivity contribution in [1.29, 1.82) is 0 Å². The van der Waals surface area contributed by atoms with Gasteiger partial charge < -0.3 is 0 Å². The largest absolute Gasteiger partial charge is 0.239 e. The van der Waals surface area contributed by atoms with E-state index >= 15 is 0 Å². The third-order valence-corrected chi connectivity index (χ3v) is 3.81. The van der Waals surface area contributed by atoms with Crippen molar-refractivity contribution >= 4 is 10.9 Å². The Morgan fingerprint density at radius 3 is 1.95 bits per heavy atom. The Balaban J connectivity index is 2.28. The van der Waals surface area contributed by atoms with Crippen molar-refractivity contribution in [2.24, 2.45) is 0 Å². The molecule has 0 saturated carbocycles. The van der Waals surface area contributed by atoms with Crippen LogP contribution in [0.1, 0.15) is 27.8 Å². The van der Waals surface area contributed by atoms with Gasteiger partial charge >= 0.3 is 0 Å². The molecular formula is C18H20N2. The third kappa shape index (κ3) is 2.01. The third-order valence-electron chi connectivity index (χ3n) is 3.81. The molecule has 0 amide bonds. The van der Waals surface area contributed by atoms with E-state index in [9.17, 15) is 0 Å². The highest BCUT2D eigenvalue weighted by Crippen LogP contribution is 2.25. The summed E-state index contributed by atoms with van der Waals surface area (Å²) in [4.78, 5) is 0. The van der Waals surface area contributed by atoms with Gasteiger partial charge in [-0.2, -0.15) is 5.10 Å². The highest BCUT2D eigenvalue weighted by atomic mass is 15.3. The van der Waals surface area contributed by atoms with Gasteiger partial charge in [-0.05, 0) is 57.4 Å². The first-order valence-corrected chi connectivity index (χ1v) is 7.00. The lowest BCUT2D eigenvalue weighted by Crippen LogP contribution is -2.01. The second-order valence-electron chi connectivity index (χ2n) is 5.84. The number of benzene rings is 2. The molecule has 1 aromatic heterocycles. The maximum absolute atomic E-state index is 4.79. The summed E-state index contributed by atoms with van der Waals surface area (Å²) in [5.74, 6) is 0. The topological polar surface area (TPSA) is 17.8 Å². The predicted octanol–water partition coefficient (Wildman–Crippen LogP) is 4.57. The Bertz CT molecular complexity index is 787. The quantitative estimate of drug-likeness (QED) is 0.629. The molecule has 1 heterocycles. The maximum Gasteiger partial charge on any atom is 0.0957 e. The van der Waals surface area contributed by atoms with E-state index in [0.717, 1.165) is 5.52 Å². The second kappa shape index (κ2) is 4.48. The molecule has 0 atom stereocenters. The van der Waals surface area contributed by atoms with Gasteiger partial charge in [-0.25, -0.2) is 4.68 Å². The number of rotatable bonds is 1. The number of aromatic nitrogens is 2. The lowest BCUT2D eigenvalue weighted by molar-refractivity contribution is 0.877. The monoisotopic (exact) mass is 264 g/mol. The van der Waals surface area contributed by atoms with Crippen molar-refractivity contribution < 1.29 is 0 Å². The van der Waals surface area contributed by atoms with Gasteiger partial charge in [0.25, 0.3) is 0 Å². The molecule has 0 aliphatic heterocycles. The predicted molar refractivity (Wildman–Crippen MR) is 84.8 cm³/mol. The number of fused-ring (bicyclic) bond motifs is 1. The molecule has 2 nitrogen and oxygen atoms in total. The van der Waals surface area contributed by atoms with Crippen molar-refractivity contribution in [3.05, 3.63) is 58.3 Å². The number of hydrogen-bond acceptors (Lipinski definition) is 1. The van der Waals surface area contributed by atoms with Crippen LogP contribution in [0.15, 0.2) is 30.5 Å². The summed E-state index contributed by atoms with van der Waals surface area (Å²) >= 11 is 0. The minimum absolute atomic E-state index is 1.09. The van der Waals surface area contributed by atoms with E-state index in [1.54, 1.807) is 0 Å². The summed E-state index contributed by atoms with van der Waals surface area (Å²) < 4.78 is 2.03. The van der Waals surface area contributed by atoms with Crippen molar-refractivity contribution in [1.82, 2.24) is 9.78 Å². The Hall–Kier alpha value is -2.09. The molecule has 102 valence electrons. The van der Waals surface area contributed by atoms with Crippen molar-refractivity contribution in [3.63, 3.8) is 0 Å². The van der Waals surface area contributed by atoms with E-state index in [4.69, 9.17) is 5.10 Å². The Morgan fingerprint density at radius 2 is 1.30 bits per heavy atom. The van der Waals surface area contributed by atoms with Crippen LogP contribution < -0.4 is 0 Å². The maximum atomic E-state index is 4.79. The molecule has 3 rings (SSSR count). The standard InChI is InChI=1S/C18H20N2/c1-11-7-14(4)18(15(5)8-11)20-10-16-9-12(2)6-13(3)17(16)19-20/h6-10H,1-5H3. The minimum atomic E-state index is 1.09. The van der Waals surface area contributed by atoms with Crippen LogP contribution in [0.5, 0.6) is 0 Å².